The summed E-state index contributed by atoms with van der Waals surface area (Å²) in [5, 5.41) is 8.57. The fourth-order valence-corrected chi connectivity index (χ4v) is 1.72. The Bertz CT molecular complexity index is 688. The lowest BCUT2D eigenvalue weighted by Crippen LogP contribution is -2.10. The Labute approximate surface area is 110 Å². The molecule has 1 aromatic heterocycles. The van der Waals surface area contributed by atoms with Crippen LogP contribution in [0.25, 0.3) is 11.1 Å². The van der Waals surface area contributed by atoms with Gasteiger partial charge >= 0.3 is 5.97 Å². The highest BCUT2D eigenvalue weighted by molar-refractivity contribution is 5.72. The van der Waals surface area contributed by atoms with Crippen molar-refractivity contribution in [3.05, 3.63) is 53.4 Å². The Kier molecular flexibility index (Phi) is 3.69. The number of carboxylic acid groups (broad SMARTS) is 1. The number of rotatable bonds is 3. The smallest absolute Gasteiger partial charge is 0.309 e. The van der Waals surface area contributed by atoms with Crippen LogP contribution in [0, 0.1) is 23.4 Å². The maximum absolute atomic E-state index is 14.0. The molecule has 104 valence electrons. The average Bonchev–Trinajstić information content (AvgIpc) is 2.36. The minimum absolute atomic E-state index is 0.243. The largest absolute Gasteiger partial charge is 0.481 e. The molecule has 0 fully saturated rings. The van der Waals surface area contributed by atoms with E-state index >= 15 is 0 Å². The van der Waals surface area contributed by atoms with E-state index in [1.165, 1.54) is 12.1 Å². The third-order valence-corrected chi connectivity index (χ3v) is 2.54. The van der Waals surface area contributed by atoms with Gasteiger partial charge in [0.2, 0.25) is 5.95 Å². The van der Waals surface area contributed by atoms with Gasteiger partial charge in [0.15, 0.2) is 11.6 Å². The first-order valence-electron chi connectivity index (χ1n) is 5.41. The van der Waals surface area contributed by atoms with Crippen LogP contribution in [0.2, 0.25) is 0 Å². The van der Waals surface area contributed by atoms with Crippen molar-refractivity contribution in [1.82, 2.24) is 4.98 Å². The molecule has 0 radical (unpaired) electrons. The molecule has 0 aliphatic rings. The van der Waals surface area contributed by atoms with Gasteiger partial charge in [-0.25, -0.2) is 18.2 Å². The number of hydrogen-bond donors (Lipinski definition) is 1. The molecule has 0 spiro atoms. The maximum atomic E-state index is 14.0. The summed E-state index contributed by atoms with van der Waals surface area (Å²) >= 11 is 0. The second kappa shape index (κ2) is 5.28. The van der Waals surface area contributed by atoms with Crippen LogP contribution in [0.3, 0.4) is 0 Å². The lowest BCUT2D eigenvalue weighted by Gasteiger charge is -2.09. The number of hydrogen-bond acceptors (Lipinski definition) is 2. The Hall–Kier alpha value is -2.44. The molecule has 2 rings (SSSR count). The van der Waals surface area contributed by atoms with Gasteiger partial charge in [-0.05, 0) is 17.7 Å². The van der Waals surface area contributed by atoms with Crippen molar-refractivity contribution >= 4 is 5.97 Å². The minimum atomic E-state index is -1.64. The van der Waals surface area contributed by atoms with E-state index < -0.39 is 47.0 Å². The lowest BCUT2D eigenvalue weighted by molar-refractivity contribution is -0.136. The lowest BCUT2D eigenvalue weighted by atomic mass is 10.0. The molecule has 0 aliphatic heterocycles. The molecule has 20 heavy (non-hydrogen) atoms. The summed E-state index contributed by atoms with van der Waals surface area (Å²) < 4.78 is 54.1. The van der Waals surface area contributed by atoms with Crippen LogP contribution in [0.5, 0.6) is 0 Å². The van der Waals surface area contributed by atoms with Crippen LogP contribution >= 0.6 is 0 Å². The van der Waals surface area contributed by atoms with Gasteiger partial charge in [-0.3, -0.25) is 4.79 Å². The summed E-state index contributed by atoms with van der Waals surface area (Å²) in [6.45, 7) is 0. The van der Waals surface area contributed by atoms with Crippen molar-refractivity contribution in [3.63, 3.8) is 0 Å². The fraction of sp³-hybridized carbons (Fsp3) is 0.0769. The summed E-state index contributed by atoms with van der Waals surface area (Å²) in [6.07, 6.45) is -0.911. The maximum Gasteiger partial charge on any atom is 0.309 e. The van der Waals surface area contributed by atoms with E-state index in [-0.39, 0.29) is 5.56 Å². The van der Waals surface area contributed by atoms with E-state index in [0.717, 1.165) is 12.1 Å². The zero-order valence-corrected chi connectivity index (χ0v) is 9.83. The molecule has 7 heteroatoms. The van der Waals surface area contributed by atoms with E-state index in [0.29, 0.717) is 0 Å². The van der Waals surface area contributed by atoms with Crippen LogP contribution in [0.15, 0.2) is 24.3 Å². The monoisotopic (exact) mass is 285 g/mol. The predicted molar refractivity (Wildman–Crippen MR) is 60.8 cm³/mol. The molecule has 0 atom stereocenters. The third kappa shape index (κ3) is 2.61. The number of pyridine rings is 1. The molecule has 0 bridgehead atoms. The molecule has 2 aromatic rings. The normalized spacial score (nSPS) is 10.6. The number of halogens is 4. The predicted octanol–water partition coefficient (Wildman–Crippen LogP) is 2.93. The summed E-state index contributed by atoms with van der Waals surface area (Å²) in [7, 11) is 0. The van der Waals surface area contributed by atoms with Crippen LogP contribution in [-0.4, -0.2) is 16.1 Å². The molecule has 1 N–H and O–H groups in total. The molecular formula is C13H7F4NO2. The SMILES string of the molecule is O=C(O)Cc1nc(F)c(F)c(-c2cccc(F)c2)c1F. The molecule has 3 nitrogen and oxygen atoms in total. The van der Waals surface area contributed by atoms with Gasteiger partial charge in [-0.15, -0.1) is 0 Å². The van der Waals surface area contributed by atoms with Crippen molar-refractivity contribution in [3.8, 4) is 11.1 Å². The summed E-state index contributed by atoms with van der Waals surface area (Å²) in [6, 6.07) is 4.23. The number of carbonyl (C=O) groups is 1. The van der Waals surface area contributed by atoms with Crippen molar-refractivity contribution in [1.29, 1.82) is 0 Å². The second-order valence-electron chi connectivity index (χ2n) is 3.93. The van der Waals surface area contributed by atoms with Gasteiger partial charge in [0.1, 0.15) is 5.82 Å². The van der Waals surface area contributed by atoms with Gasteiger partial charge in [0, 0.05) is 0 Å². The third-order valence-electron chi connectivity index (χ3n) is 2.54. The second-order valence-corrected chi connectivity index (χ2v) is 3.93. The number of aliphatic carboxylic acids is 1. The van der Waals surface area contributed by atoms with E-state index in [9.17, 15) is 22.4 Å². The van der Waals surface area contributed by atoms with Crippen LogP contribution in [0.1, 0.15) is 5.69 Å². The first-order valence-corrected chi connectivity index (χ1v) is 5.41. The topological polar surface area (TPSA) is 50.2 Å². The zero-order valence-electron chi connectivity index (χ0n) is 9.83. The van der Waals surface area contributed by atoms with Crippen molar-refractivity contribution < 1.29 is 27.5 Å². The van der Waals surface area contributed by atoms with Gasteiger partial charge in [0.25, 0.3) is 0 Å². The Morgan fingerprint density at radius 1 is 1.15 bits per heavy atom. The van der Waals surface area contributed by atoms with E-state index in [4.69, 9.17) is 5.11 Å². The molecular weight excluding hydrogens is 278 g/mol. The molecule has 0 saturated carbocycles. The van der Waals surface area contributed by atoms with Crippen molar-refractivity contribution in [2.45, 2.75) is 6.42 Å². The van der Waals surface area contributed by atoms with Crippen molar-refractivity contribution in [2.24, 2.45) is 0 Å². The zero-order chi connectivity index (χ0) is 14.9. The highest BCUT2D eigenvalue weighted by atomic mass is 19.2. The minimum Gasteiger partial charge on any atom is -0.481 e. The average molecular weight is 285 g/mol. The van der Waals surface area contributed by atoms with Gasteiger partial charge in [-0.1, -0.05) is 12.1 Å². The number of benzene rings is 1. The molecule has 1 aromatic carbocycles. The summed E-state index contributed by atoms with van der Waals surface area (Å²) in [5.41, 5.74) is -1.84. The number of carboxylic acids is 1. The fourth-order valence-electron chi connectivity index (χ4n) is 1.72. The van der Waals surface area contributed by atoms with Crippen LogP contribution in [-0.2, 0) is 11.2 Å². The van der Waals surface area contributed by atoms with Crippen LogP contribution < -0.4 is 0 Å². The van der Waals surface area contributed by atoms with Gasteiger partial charge < -0.3 is 5.11 Å². The van der Waals surface area contributed by atoms with Gasteiger partial charge in [-0.2, -0.15) is 4.39 Å². The van der Waals surface area contributed by atoms with E-state index in [1.54, 1.807) is 0 Å². The van der Waals surface area contributed by atoms with E-state index in [2.05, 4.69) is 4.98 Å². The molecule has 0 unspecified atom stereocenters. The molecule has 1 heterocycles. The highest BCUT2D eigenvalue weighted by Gasteiger charge is 2.23. The van der Waals surface area contributed by atoms with Crippen LogP contribution in [0.4, 0.5) is 17.6 Å². The first-order chi connectivity index (χ1) is 9.40. The number of aromatic nitrogens is 1. The van der Waals surface area contributed by atoms with E-state index in [1.807, 2.05) is 0 Å². The Morgan fingerprint density at radius 2 is 1.85 bits per heavy atom. The number of nitrogens with zero attached hydrogens (tertiary/aromatic N) is 1. The van der Waals surface area contributed by atoms with Crippen molar-refractivity contribution in [2.75, 3.05) is 0 Å². The van der Waals surface area contributed by atoms with Gasteiger partial charge in [0.05, 0.1) is 17.7 Å². The molecule has 0 aliphatic carbocycles. The Morgan fingerprint density at radius 3 is 2.45 bits per heavy atom. The standard InChI is InChI=1S/C13H7F4NO2/c14-7-3-1-2-6(4-7)10-11(15)8(5-9(19)20)18-13(17)12(10)16/h1-4H,5H2,(H,19,20). The molecule has 0 amide bonds. The molecule has 0 saturated heterocycles. The first kappa shape index (κ1) is 14.0. The Balaban J connectivity index is 2.68. The highest BCUT2D eigenvalue weighted by Crippen LogP contribution is 2.29. The summed E-state index contributed by atoms with van der Waals surface area (Å²) in [5.74, 6) is -6.77. The quantitative estimate of drug-likeness (QED) is 0.696. The summed E-state index contributed by atoms with van der Waals surface area (Å²) in [4.78, 5) is 13.5.